The van der Waals surface area contributed by atoms with E-state index in [0.29, 0.717) is 12.0 Å². The molecule has 0 aromatic heterocycles. The average molecular weight is 113 g/mol. The van der Waals surface area contributed by atoms with E-state index in [9.17, 15) is 0 Å². The summed E-state index contributed by atoms with van der Waals surface area (Å²) in [7, 11) is 0.739. The Hall–Kier alpha value is -0.0151. The molecule has 1 N–H and O–H groups in total. The summed E-state index contributed by atoms with van der Waals surface area (Å²) in [5, 5.41) is 3.23. The zero-order valence-corrected chi connectivity index (χ0v) is 5.48. The van der Waals surface area contributed by atoms with Crippen LogP contribution in [-0.4, -0.2) is 20.3 Å². The first-order valence-corrected chi connectivity index (χ1v) is 3.12. The van der Waals surface area contributed by atoms with Gasteiger partial charge in [0.05, 0.1) is 0 Å². The van der Waals surface area contributed by atoms with Crippen LogP contribution in [0.5, 0.6) is 0 Å². The van der Waals surface area contributed by atoms with Crippen molar-refractivity contribution in [2.24, 2.45) is 5.92 Å². The molecule has 0 aromatic carbocycles. The van der Waals surface area contributed by atoms with Gasteiger partial charge in [-0.3, -0.25) is 0 Å². The second kappa shape index (κ2) is 2.51. The molecule has 1 rings (SSSR count). The van der Waals surface area contributed by atoms with Gasteiger partial charge in [-0.15, -0.1) is 0 Å². The first-order valence-electron chi connectivity index (χ1n) is 3.12. The van der Waals surface area contributed by atoms with Crippen LogP contribution >= 0.6 is 0 Å². The molecule has 1 saturated heterocycles. The van der Waals surface area contributed by atoms with Crippen LogP contribution in [0, 0.1) is 5.92 Å². The van der Waals surface area contributed by atoms with E-state index in [-0.39, 0.29) is 0 Å². The van der Waals surface area contributed by atoms with Crippen LogP contribution in [0.4, 0.5) is 0 Å². The molecule has 0 saturated carbocycles. The minimum absolute atomic E-state index is 0.593. The Morgan fingerprint density at radius 3 is 2.75 bits per heavy atom. The van der Waals surface area contributed by atoms with Gasteiger partial charge in [-0.05, 0) is 5.92 Å². The van der Waals surface area contributed by atoms with Gasteiger partial charge in [-0.25, -0.2) is 0 Å². The quantitative estimate of drug-likeness (QED) is 0.479. The van der Waals surface area contributed by atoms with Crippen LogP contribution in [0.25, 0.3) is 0 Å². The third kappa shape index (κ3) is 1.23. The predicted octanol–water partition coefficient (Wildman–Crippen LogP) is -0.103. The monoisotopic (exact) mass is 113 g/mol. The van der Waals surface area contributed by atoms with Crippen molar-refractivity contribution in [3.05, 3.63) is 0 Å². The Bertz CT molecular complexity index is 70.8. The second-order valence-electron chi connectivity index (χ2n) is 2.57. The molecule has 1 fully saturated rings. The topological polar surface area (TPSA) is 21.3 Å². The lowest BCUT2D eigenvalue weighted by atomic mass is 10.1. The van der Waals surface area contributed by atoms with Crippen LogP contribution in [-0.2, 0) is 4.65 Å². The summed E-state index contributed by atoms with van der Waals surface area (Å²) in [6.45, 7) is 5.29. The van der Waals surface area contributed by atoms with E-state index in [1.165, 1.54) is 0 Å². The van der Waals surface area contributed by atoms with Crippen LogP contribution in [0.15, 0.2) is 0 Å². The molecule has 1 aliphatic heterocycles. The summed E-state index contributed by atoms with van der Waals surface area (Å²) in [5.41, 5.74) is 0. The van der Waals surface area contributed by atoms with E-state index >= 15 is 0 Å². The average Bonchev–Trinajstić information content (AvgIpc) is 2.12. The normalized spacial score (nSPS) is 28.6. The molecular weight excluding hydrogens is 101 g/mol. The fraction of sp³-hybridized carbons (Fsp3) is 1.00. The SMILES string of the molecule is CC(C)C1COBN1. The lowest BCUT2D eigenvalue weighted by molar-refractivity contribution is 0.316. The highest BCUT2D eigenvalue weighted by molar-refractivity contribution is 6.24. The van der Waals surface area contributed by atoms with Gasteiger partial charge in [0.15, 0.2) is 0 Å². The van der Waals surface area contributed by atoms with E-state index in [4.69, 9.17) is 4.65 Å². The summed E-state index contributed by atoms with van der Waals surface area (Å²) in [5.74, 6) is 0.706. The predicted molar refractivity (Wildman–Crippen MR) is 34.9 cm³/mol. The highest BCUT2D eigenvalue weighted by atomic mass is 16.4. The van der Waals surface area contributed by atoms with Crippen molar-refractivity contribution in [1.82, 2.24) is 5.23 Å². The molecule has 0 radical (unpaired) electrons. The van der Waals surface area contributed by atoms with E-state index in [2.05, 4.69) is 19.1 Å². The first kappa shape index (κ1) is 6.11. The molecule has 1 heterocycles. The molecular formula is C5H12BNO. The Morgan fingerprint density at radius 2 is 2.50 bits per heavy atom. The van der Waals surface area contributed by atoms with E-state index < -0.39 is 0 Å². The molecule has 0 bridgehead atoms. The van der Waals surface area contributed by atoms with E-state index in [1.54, 1.807) is 0 Å². The summed E-state index contributed by atoms with van der Waals surface area (Å²) >= 11 is 0. The highest BCUT2D eigenvalue weighted by Gasteiger charge is 2.18. The molecule has 46 valence electrons. The molecule has 3 heteroatoms. The van der Waals surface area contributed by atoms with Crippen molar-refractivity contribution >= 4 is 7.62 Å². The van der Waals surface area contributed by atoms with Gasteiger partial charge in [0, 0.05) is 12.6 Å². The molecule has 0 spiro atoms. The van der Waals surface area contributed by atoms with Crippen molar-refractivity contribution in [1.29, 1.82) is 0 Å². The largest absolute Gasteiger partial charge is 0.423 e. The molecule has 1 atom stereocenters. The van der Waals surface area contributed by atoms with Crippen molar-refractivity contribution < 1.29 is 4.65 Å². The molecule has 1 unspecified atom stereocenters. The Kier molecular flexibility index (Phi) is 1.92. The maximum atomic E-state index is 5.11. The number of hydrogen-bond donors (Lipinski definition) is 1. The Labute approximate surface area is 50.9 Å². The maximum absolute atomic E-state index is 5.11. The summed E-state index contributed by atoms with van der Waals surface area (Å²) in [6.07, 6.45) is 0. The lowest BCUT2D eigenvalue weighted by Crippen LogP contribution is -2.30. The van der Waals surface area contributed by atoms with Gasteiger partial charge < -0.3 is 9.88 Å². The van der Waals surface area contributed by atoms with Gasteiger partial charge in [0.25, 0.3) is 0 Å². The minimum atomic E-state index is 0.593. The van der Waals surface area contributed by atoms with Crippen molar-refractivity contribution in [2.75, 3.05) is 6.61 Å². The van der Waals surface area contributed by atoms with Gasteiger partial charge in [0.2, 0.25) is 0 Å². The lowest BCUT2D eigenvalue weighted by Gasteiger charge is -2.11. The molecule has 8 heavy (non-hydrogen) atoms. The maximum Gasteiger partial charge on any atom is 0.361 e. The minimum Gasteiger partial charge on any atom is -0.423 e. The fourth-order valence-corrected chi connectivity index (χ4v) is 0.839. The Morgan fingerprint density at radius 1 is 1.75 bits per heavy atom. The van der Waals surface area contributed by atoms with Crippen molar-refractivity contribution in [2.45, 2.75) is 19.9 Å². The van der Waals surface area contributed by atoms with Crippen LogP contribution < -0.4 is 5.23 Å². The Balaban J connectivity index is 2.24. The van der Waals surface area contributed by atoms with Crippen molar-refractivity contribution in [3.8, 4) is 0 Å². The molecule has 1 aliphatic rings. The van der Waals surface area contributed by atoms with Gasteiger partial charge in [-0.2, -0.15) is 0 Å². The van der Waals surface area contributed by atoms with Crippen LogP contribution in [0.3, 0.4) is 0 Å². The van der Waals surface area contributed by atoms with Crippen LogP contribution in [0.2, 0.25) is 0 Å². The molecule has 0 aliphatic carbocycles. The molecule has 0 amide bonds. The van der Waals surface area contributed by atoms with E-state index in [0.717, 1.165) is 14.2 Å². The van der Waals surface area contributed by atoms with Gasteiger partial charge in [-0.1, -0.05) is 13.8 Å². The zero-order chi connectivity index (χ0) is 5.98. The zero-order valence-electron chi connectivity index (χ0n) is 5.48. The number of hydrogen-bond acceptors (Lipinski definition) is 2. The second-order valence-corrected chi connectivity index (χ2v) is 2.57. The summed E-state index contributed by atoms with van der Waals surface area (Å²) in [6, 6.07) is 0.593. The van der Waals surface area contributed by atoms with Gasteiger partial charge in [0.1, 0.15) is 0 Å². The highest BCUT2D eigenvalue weighted by Crippen LogP contribution is 2.04. The van der Waals surface area contributed by atoms with E-state index in [1.807, 2.05) is 0 Å². The summed E-state index contributed by atoms with van der Waals surface area (Å²) in [4.78, 5) is 0. The van der Waals surface area contributed by atoms with Crippen LogP contribution in [0.1, 0.15) is 13.8 Å². The third-order valence-corrected chi connectivity index (χ3v) is 1.55. The summed E-state index contributed by atoms with van der Waals surface area (Å²) < 4.78 is 5.11. The van der Waals surface area contributed by atoms with Crippen molar-refractivity contribution in [3.63, 3.8) is 0 Å². The number of rotatable bonds is 1. The first-order chi connectivity index (χ1) is 3.80. The molecule has 0 aromatic rings. The smallest absolute Gasteiger partial charge is 0.361 e. The molecule has 2 nitrogen and oxygen atoms in total. The fourth-order valence-electron chi connectivity index (χ4n) is 0.839. The van der Waals surface area contributed by atoms with Gasteiger partial charge >= 0.3 is 7.62 Å². The third-order valence-electron chi connectivity index (χ3n) is 1.55. The standard InChI is InChI=1S/C5H12BNO/c1-4(2)5-3-8-6-7-5/h4-7H,3H2,1-2H3. The number of nitrogens with one attached hydrogen (secondary N) is 1.